The van der Waals surface area contributed by atoms with Crippen LogP contribution in [-0.4, -0.2) is 32.6 Å². The van der Waals surface area contributed by atoms with Crippen molar-refractivity contribution in [2.45, 2.75) is 90.1 Å². The van der Waals surface area contributed by atoms with Crippen LogP contribution in [0.1, 0.15) is 98.8 Å². The lowest BCUT2D eigenvalue weighted by molar-refractivity contribution is 0.0911. The molecule has 2 atom stereocenters. The highest BCUT2D eigenvalue weighted by Crippen LogP contribution is 2.44. The molecule has 10 rings (SSSR count). The van der Waals surface area contributed by atoms with Gasteiger partial charge in [0.15, 0.2) is 0 Å². The lowest BCUT2D eigenvalue weighted by atomic mass is 9.84. The first-order valence-corrected chi connectivity index (χ1v) is 23.8. The van der Waals surface area contributed by atoms with Crippen LogP contribution in [0, 0.1) is 11.8 Å². The summed E-state index contributed by atoms with van der Waals surface area (Å²) in [7, 11) is 0. The Morgan fingerprint density at radius 1 is 0.460 bits per heavy atom. The summed E-state index contributed by atoms with van der Waals surface area (Å²) in [5.41, 5.74) is 11.7. The van der Waals surface area contributed by atoms with Gasteiger partial charge in [-0.05, 0) is 131 Å². The number of hydrogen-bond acceptors (Lipinski definition) is 5. The summed E-state index contributed by atoms with van der Waals surface area (Å²) in [6.45, 7) is 4.31. The number of benzene rings is 7. The molecule has 0 bridgehead atoms. The van der Waals surface area contributed by atoms with E-state index in [1.807, 2.05) is 24.3 Å². The van der Waals surface area contributed by atoms with Gasteiger partial charge in [0.1, 0.15) is 11.0 Å². The minimum absolute atomic E-state index is 0.00747. The van der Waals surface area contributed by atoms with Gasteiger partial charge < -0.3 is 10.6 Å². The average Bonchev–Trinajstić information content (AvgIpc) is 3.84. The van der Waals surface area contributed by atoms with E-state index in [4.69, 9.17) is 8.75 Å². The summed E-state index contributed by atoms with van der Waals surface area (Å²) in [6, 6.07) is 46.7. The number of carbonyl (C=O) groups is 2. The predicted molar refractivity (Wildman–Crippen MR) is 261 cm³/mol. The maximum Gasteiger partial charge on any atom is 0.251 e. The molecular weight excluding hydrogens is 793 g/mol. The number of amides is 2. The van der Waals surface area contributed by atoms with E-state index in [-0.39, 0.29) is 23.9 Å². The highest BCUT2D eigenvalue weighted by molar-refractivity contribution is 7.00. The van der Waals surface area contributed by atoms with Crippen LogP contribution in [-0.2, 0) is 0 Å². The van der Waals surface area contributed by atoms with Gasteiger partial charge >= 0.3 is 0 Å². The number of hydrogen-bond donors (Lipinski definition) is 2. The molecule has 0 spiro atoms. The van der Waals surface area contributed by atoms with E-state index < -0.39 is 0 Å². The molecule has 2 N–H and O–H groups in total. The SMILES string of the molecule is C[C@@H](NC(=O)c1ccc(-c2cccc3cccc(-c4ccc(-c5cccc6cccc(-c7ccc(C(=O)N[C@H](C)C8CCCCC8)cc7)c56)c5nsnc45)c23)cc1)C1CCCCC1. The molecule has 1 aromatic heterocycles. The number of aromatic nitrogens is 2. The maximum atomic E-state index is 13.4. The Balaban J connectivity index is 0.974. The Morgan fingerprint density at radius 2 is 0.825 bits per heavy atom. The van der Waals surface area contributed by atoms with Crippen LogP contribution in [0.4, 0.5) is 0 Å². The van der Waals surface area contributed by atoms with Crippen LogP contribution in [0.2, 0.25) is 0 Å². The maximum absolute atomic E-state index is 13.4. The summed E-state index contributed by atoms with van der Waals surface area (Å²) in [5.74, 6) is 1.09. The van der Waals surface area contributed by atoms with Crippen molar-refractivity contribution < 1.29 is 9.59 Å². The van der Waals surface area contributed by atoms with Gasteiger partial charge in [-0.2, -0.15) is 8.75 Å². The summed E-state index contributed by atoms with van der Waals surface area (Å²) in [6.07, 6.45) is 12.4. The Morgan fingerprint density at radius 3 is 1.21 bits per heavy atom. The van der Waals surface area contributed by atoms with E-state index in [1.54, 1.807) is 0 Å². The molecule has 316 valence electrons. The van der Waals surface area contributed by atoms with E-state index >= 15 is 0 Å². The van der Waals surface area contributed by atoms with Crippen molar-refractivity contribution >= 4 is 56.1 Å². The zero-order valence-electron chi connectivity index (χ0n) is 36.2. The topological polar surface area (TPSA) is 84.0 Å². The monoisotopic (exact) mass is 846 g/mol. The lowest BCUT2D eigenvalue weighted by Crippen LogP contribution is -2.38. The first kappa shape index (κ1) is 40.9. The molecule has 7 aromatic carbocycles. The normalized spacial score (nSPS) is 16.0. The fourth-order valence-electron chi connectivity index (χ4n) is 10.6. The van der Waals surface area contributed by atoms with E-state index in [2.05, 4.69) is 134 Å². The molecule has 6 nitrogen and oxygen atoms in total. The van der Waals surface area contributed by atoms with E-state index in [0.717, 1.165) is 77.1 Å². The van der Waals surface area contributed by atoms with Gasteiger partial charge in [0.05, 0.1) is 11.7 Å². The molecular formula is C56H54N4O2S. The smallest absolute Gasteiger partial charge is 0.251 e. The van der Waals surface area contributed by atoms with Crippen LogP contribution in [0.25, 0.3) is 77.1 Å². The molecule has 63 heavy (non-hydrogen) atoms. The van der Waals surface area contributed by atoms with Crippen LogP contribution in [0.15, 0.2) is 133 Å². The third-order valence-corrected chi connectivity index (χ3v) is 14.7. The fraction of sp³-hybridized carbons (Fsp3) is 0.286. The second-order valence-corrected chi connectivity index (χ2v) is 18.5. The first-order chi connectivity index (χ1) is 30.9. The standard InChI is InChI=1S/C56H54N4O2S/c1-35(37-13-5-3-6-14-37)57-55(61)43-29-25-39(26-30-43)45-21-9-17-41-19-11-23-47(51(41)45)49-33-34-50(54-53(49)59-63-60-54)48-24-12-20-42-18-10-22-46(52(42)48)40-27-31-44(32-28-40)56(62)58-36(2)38-15-7-4-8-16-38/h9-12,17-38H,3-8,13-16H2,1-2H3,(H,57,61)(H,58,62)/t35-,36-/m1/s1. The highest BCUT2D eigenvalue weighted by atomic mass is 32.1. The third-order valence-electron chi connectivity index (χ3n) is 14.2. The molecule has 2 aliphatic rings. The lowest BCUT2D eigenvalue weighted by Gasteiger charge is -2.28. The molecule has 1 heterocycles. The molecule has 0 unspecified atom stereocenters. The van der Waals surface area contributed by atoms with Crippen LogP contribution < -0.4 is 10.6 Å². The number of nitrogens with one attached hydrogen (secondary N) is 2. The fourth-order valence-corrected chi connectivity index (χ4v) is 11.2. The average molecular weight is 847 g/mol. The second kappa shape index (κ2) is 17.9. The Kier molecular flexibility index (Phi) is 11.6. The molecule has 2 aliphatic carbocycles. The van der Waals surface area contributed by atoms with E-state index in [9.17, 15) is 9.59 Å². The molecule has 2 amide bonds. The Hall–Kier alpha value is -6.18. The molecule has 0 aliphatic heterocycles. The molecule has 0 saturated heterocycles. The Labute approximate surface area is 374 Å². The number of rotatable bonds is 10. The predicted octanol–water partition coefficient (Wildman–Crippen LogP) is 14.1. The van der Waals surface area contributed by atoms with Crippen molar-refractivity contribution in [1.82, 2.24) is 19.4 Å². The summed E-state index contributed by atoms with van der Waals surface area (Å²) >= 11 is 1.24. The summed E-state index contributed by atoms with van der Waals surface area (Å²) in [5, 5.41) is 11.1. The molecule has 0 radical (unpaired) electrons. The van der Waals surface area contributed by atoms with E-state index in [0.29, 0.717) is 23.0 Å². The van der Waals surface area contributed by atoms with Gasteiger partial charge in [-0.3, -0.25) is 9.59 Å². The van der Waals surface area contributed by atoms with Gasteiger partial charge in [-0.1, -0.05) is 148 Å². The minimum Gasteiger partial charge on any atom is -0.349 e. The van der Waals surface area contributed by atoms with Crippen LogP contribution in [0.3, 0.4) is 0 Å². The van der Waals surface area contributed by atoms with Crippen molar-refractivity contribution in [3.63, 3.8) is 0 Å². The Bertz CT molecular complexity index is 2730. The molecule has 8 aromatic rings. The third kappa shape index (κ3) is 8.15. The highest BCUT2D eigenvalue weighted by Gasteiger charge is 2.24. The van der Waals surface area contributed by atoms with Gasteiger partial charge in [0.25, 0.3) is 11.8 Å². The molecule has 2 fully saturated rings. The molecule has 7 heteroatoms. The zero-order valence-corrected chi connectivity index (χ0v) is 37.0. The van der Waals surface area contributed by atoms with Gasteiger partial charge in [-0.15, -0.1) is 0 Å². The van der Waals surface area contributed by atoms with Gasteiger partial charge in [0.2, 0.25) is 0 Å². The van der Waals surface area contributed by atoms with Crippen molar-refractivity contribution in [2.75, 3.05) is 0 Å². The van der Waals surface area contributed by atoms with Gasteiger partial charge in [0, 0.05) is 34.3 Å². The zero-order chi connectivity index (χ0) is 42.9. The van der Waals surface area contributed by atoms with Crippen molar-refractivity contribution in [3.05, 3.63) is 145 Å². The van der Waals surface area contributed by atoms with Crippen molar-refractivity contribution in [1.29, 1.82) is 0 Å². The number of nitrogens with zero attached hydrogens (tertiary/aromatic N) is 2. The number of carbonyl (C=O) groups excluding carboxylic acids is 2. The van der Waals surface area contributed by atoms with Crippen molar-refractivity contribution in [2.24, 2.45) is 11.8 Å². The minimum atomic E-state index is -0.00747. The van der Waals surface area contributed by atoms with Crippen LogP contribution >= 0.6 is 11.7 Å². The quantitative estimate of drug-likeness (QED) is 0.144. The first-order valence-electron chi connectivity index (χ1n) is 23.0. The van der Waals surface area contributed by atoms with Crippen LogP contribution in [0.5, 0.6) is 0 Å². The molecule has 2 saturated carbocycles. The largest absolute Gasteiger partial charge is 0.349 e. The van der Waals surface area contributed by atoms with Crippen molar-refractivity contribution in [3.8, 4) is 44.5 Å². The summed E-state index contributed by atoms with van der Waals surface area (Å²) in [4.78, 5) is 26.7. The summed E-state index contributed by atoms with van der Waals surface area (Å²) < 4.78 is 9.93. The second-order valence-electron chi connectivity index (χ2n) is 18.0. The number of fused-ring (bicyclic) bond motifs is 3. The van der Waals surface area contributed by atoms with Gasteiger partial charge in [-0.25, -0.2) is 0 Å². The van der Waals surface area contributed by atoms with E-state index in [1.165, 1.54) is 75.9 Å².